The van der Waals surface area contributed by atoms with Crippen LogP contribution in [-0.2, 0) is 12.8 Å². The van der Waals surface area contributed by atoms with Gasteiger partial charge >= 0.3 is 0 Å². The molecular formula is C47H41N5. The first-order valence-corrected chi connectivity index (χ1v) is 18.2. The molecule has 0 amide bonds. The van der Waals surface area contributed by atoms with E-state index < -0.39 is 6.17 Å². The van der Waals surface area contributed by atoms with Gasteiger partial charge in [0.15, 0.2) is 0 Å². The van der Waals surface area contributed by atoms with Crippen molar-refractivity contribution < 1.29 is 0 Å². The summed E-state index contributed by atoms with van der Waals surface area (Å²) < 4.78 is 2.54. The van der Waals surface area contributed by atoms with Crippen molar-refractivity contribution in [2.24, 2.45) is 10.9 Å². The highest BCUT2D eigenvalue weighted by Crippen LogP contribution is 2.56. The zero-order valence-electron chi connectivity index (χ0n) is 29.5. The molecule has 6 aromatic rings. The van der Waals surface area contributed by atoms with Crippen molar-refractivity contribution in [3.05, 3.63) is 190 Å². The maximum Gasteiger partial charge on any atom is 0.145 e. The first-order valence-electron chi connectivity index (χ1n) is 18.2. The lowest BCUT2D eigenvalue weighted by Crippen LogP contribution is -2.44. The molecule has 9 rings (SSSR count). The van der Waals surface area contributed by atoms with E-state index in [1.807, 2.05) is 54.7 Å². The van der Waals surface area contributed by atoms with E-state index in [1.165, 1.54) is 45.0 Å². The number of amidine groups is 1. The Hall–Kier alpha value is -6.20. The topological polar surface area (TPSA) is 56.4 Å². The van der Waals surface area contributed by atoms with Gasteiger partial charge < -0.3 is 14.8 Å². The maximum atomic E-state index is 8.98. The molecule has 3 atom stereocenters. The standard InChI is InChI=1S/C47H41N5/c1-32-25-26-38-40-29-41-39-23-12-13-24-42(39)52(36-20-10-5-11-21-36)47(41,2)30-44(40)51(43(38)27-32)37-22-14-19-35(28-37)46(49-31-33-15-6-3-7-16-33)50-45(48)34-17-8-4-9-18-34/h3-26,28-29,31-32,46H,27,30H2,1-2H3,(H2,48,50)/b49-31+. The van der Waals surface area contributed by atoms with Crippen molar-refractivity contribution >= 4 is 41.2 Å². The number of hydrogen-bond acceptors (Lipinski definition) is 3. The number of aliphatic imine (C=N–C) groups is 1. The van der Waals surface area contributed by atoms with Crippen LogP contribution in [0, 0.1) is 11.3 Å². The molecule has 5 nitrogen and oxygen atoms in total. The Morgan fingerprint density at radius 2 is 1.50 bits per heavy atom. The highest BCUT2D eigenvalue weighted by atomic mass is 15.2. The van der Waals surface area contributed by atoms with E-state index in [9.17, 15) is 0 Å². The average molecular weight is 676 g/mol. The van der Waals surface area contributed by atoms with Crippen molar-refractivity contribution in [2.45, 2.75) is 38.4 Å². The Bertz CT molecular complexity index is 2390. The number of anilines is 2. The minimum atomic E-state index is -0.462. The number of para-hydroxylation sites is 2. The molecule has 0 bridgehead atoms. The van der Waals surface area contributed by atoms with Crippen molar-refractivity contribution in [3.8, 4) is 5.69 Å². The minimum Gasteiger partial charge on any atom is -0.345 e. The number of aromatic nitrogens is 1. The molecule has 2 aliphatic carbocycles. The molecule has 52 heavy (non-hydrogen) atoms. The molecule has 5 aromatic carbocycles. The summed E-state index contributed by atoms with van der Waals surface area (Å²) in [5.74, 6) is 0.773. The molecule has 0 radical (unpaired) electrons. The molecular weight excluding hydrogens is 635 g/mol. The summed E-state index contributed by atoms with van der Waals surface area (Å²) in [4.78, 5) is 7.60. The molecule has 5 heteroatoms. The Balaban J connectivity index is 1.18. The molecule has 0 saturated heterocycles. The van der Waals surface area contributed by atoms with E-state index in [-0.39, 0.29) is 5.54 Å². The van der Waals surface area contributed by atoms with Gasteiger partial charge in [0.2, 0.25) is 0 Å². The fourth-order valence-corrected chi connectivity index (χ4v) is 8.40. The molecule has 0 spiro atoms. The number of rotatable bonds is 7. The predicted molar refractivity (Wildman–Crippen MR) is 216 cm³/mol. The number of nitrogens with zero attached hydrogens (tertiary/aromatic N) is 3. The predicted octanol–water partition coefficient (Wildman–Crippen LogP) is 10.4. The average Bonchev–Trinajstić information content (AvgIpc) is 3.63. The molecule has 0 saturated carbocycles. The van der Waals surface area contributed by atoms with Gasteiger partial charge in [0.1, 0.15) is 12.0 Å². The van der Waals surface area contributed by atoms with Crippen molar-refractivity contribution in [1.82, 2.24) is 9.88 Å². The van der Waals surface area contributed by atoms with Crippen LogP contribution in [0.4, 0.5) is 11.4 Å². The third-order valence-electron chi connectivity index (χ3n) is 10.8. The van der Waals surface area contributed by atoms with Crippen LogP contribution >= 0.6 is 0 Å². The van der Waals surface area contributed by atoms with Gasteiger partial charge in [-0.2, -0.15) is 0 Å². The van der Waals surface area contributed by atoms with Gasteiger partial charge in [0.05, 0.1) is 5.54 Å². The van der Waals surface area contributed by atoms with Crippen LogP contribution in [0.2, 0.25) is 0 Å². The summed E-state index contributed by atoms with van der Waals surface area (Å²) in [5.41, 5.74) is 14.1. The largest absolute Gasteiger partial charge is 0.345 e. The molecule has 3 aliphatic rings. The molecule has 2 heterocycles. The molecule has 1 aliphatic heterocycles. The van der Waals surface area contributed by atoms with Gasteiger partial charge in [-0.15, -0.1) is 0 Å². The van der Waals surface area contributed by atoms with Crippen LogP contribution in [0.1, 0.15) is 64.8 Å². The fourth-order valence-electron chi connectivity index (χ4n) is 8.40. The quantitative estimate of drug-likeness (QED) is 0.131. The first kappa shape index (κ1) is 31.8. The van der Waals surface area contributed by atoms with Crippen LogP contribution in [-0.4, -0.2) is 22.2 Å². The summed E-state index contributed by atoms with van der Waals surface area (Å²) in [6.45, 7) is 4.72. The van der Waals surface area contributed by atoms with Gasteiger partial charge in [-0.25, -0.2) is 0 Å². The number of benzene rings is 5. The molecule has 3 unspecified atom stereocenters. The molecule has 2 N–H and O–H groups in total. The summed E-state index contributed by atoms with van der Waals surface area (Å²) in [6, 6.07) is 48.4. The van der Waals surface area contributed by atoms with Gasteiger partial charge in [0.25, 0.3) is 0 Å². The van der Waals surface area contributed by atoms with Crippen molar-refractivity contribution in [2.75, 3.05) is 4.90 Å². The van der Waals surface area contributed by atoms with E-state index in [2.05, 4.69) is 138 Å². The first-order chi connectivity index (χ1) is 25.5. The Kier molecular flexibility index (Phi) is 7.84. The van der Waals surface area contributed by atoms with Gasteiger partial charge in [-0.05, 0) is 72.4 Å². The Morgan fingerprint density at radius 1 is 0.808 bits per heavy atom. The lowest BCUT2D eigenvalue weighted by atomic mass is 9.78. The van der Waals surface area contributed by atoms with Crippen LogP contribution < -0.4 is 10.2 Å². The monoisotopic (exact) mass is 675 g/mol. The fraction of sp³-hybridized carbons (Fsp3) is 0.149. The van der Waals surface area contributed by atoms with E-state index in [1.54, 1.807) is 0 Å². The van der Waals surface area contributed by atoms with E-state index >= 15 is 0 Å². The normalized spacial score (nSPS) is 19.0. The lowest BCUT2D eigenvalue weighted by Gasteiger charge is -2.41. The molecule has 254 valence electrons. The van der Waals surface area contributed by atoms with Crippen LogP contribution in [0.15, 0.2) is 151 Å². The smallest absolute Gasteiger partial charge is 0.145 e. The van der Waals surface area contributed by atoms with E-state index in [0.29, 0.717) is 11.8 Å². The number of allylic oxidation sites excluding steroid dienone is 1. The summed E-state index contributed by atoms with van der Waals surface area (Å²) in [6.07, 6.45) is 10.5. The van der Waals surface area contributed by atoms with Crippen molar-refractivity contribution in [1.29, 1.82) is 5.41 Å². The zero-order valence-corrected chi connectivity index (χ0v) is 29.5. The number of nitrogens with one attached hydrogen (secondary N) is 2. The van der Waals surface area contributed by atoms with Gasteiger partial charge in [0, 0.05) is 63.3 Å². The van der Waals surface area contributed by atoms with Crippen LogP contribution in [0.3, 0.4) is 0 Å². The maximum absolute atomic E-state index is 8.98. The van der Waals surface area contributed by atoms with E-state index in [0.717, 1.165) is 35.2 Å². The van der Waals surface area contributed by atoms with Gasteiger partial charge in [-0.3, -0.25) is 10.4 Å². The van der Waals surface area contributed by atoms with Crippen LogP contribution in [0.5, 0.6) is 0 Å². The number of fused-ring (bicyclic) bond motifs is 6. The highest BCUT2D eigenvalue weighted by molar-refractivity contribution is 6.04. The summed E-state index contributed by atoms with van der Waals surface area (Å²) >= 11 is 0. The Morgan fingerprint density at radius 3 is 2.29 bits per heavy atom. The molecule has 0 fully saturated rings. The second-order valence-corrected chi connectivity index (χ2v) is 14.4. The zero-order chi connectivity index (χ0) is 35.2. The third-order valence-corrected chi connectivity index (χ3v) is 10.8. The SMILES string of the molecule is CC1C=Cc2c3c(n(-c4cccc(C(/N=C/c5ccccc5)NC(=N)c5ccccc5)c4)c2C1)CC1(C)C(=C3)c2ccccc2N1c1ccccc1. The van der Waals surface area contributed by atoms with E-state index in [4.69, 9.17) is 10.4 Å². The van der Waals surface area contributed by atoms with Crippen LogP contribution in [0.25, 0.3) is 23.4 Å². The lowest BCUT2D eigenvalue weighted by molar-refractivity contribution is 0.575. The Labute approximate surface area is 305 Å². The molecule has 1 aromatic heterocycles. The number of hydrogen-bond donors (Lipinski definition) is 2. The summed E-state index contributed by atoms with van der Waals surface area (Å²) in [7, 11) is 0. The second kappa shape index (κ2) is 12.8. The second-order valence-electron chi connectivity index (χ2n) is 14.4. The summed E-state index contributed by atoms with van der Waals surface area (Å²) in [5, 5.41) is 12.4. The minimum absolute atomic E-state index is 0.279. The van der Waals surface area contributed by atoms with Gasteiger partial charge in [-0.1, -0.05) is 128 Å². The van der Waals surface area contributed by atoms with Crippen molar-refractivity contribution in [3.63, 3.8) is 0 Å². The third kappa shape index (κ3) is 5.41. The highest BCUT2D eigenvalue weighted by Gasteiger charge is 2.48.